The van der Waals surface area contributed by atoms with Crippen molar-refractivity contribution in [1.82, 2.24) is 0 Å². The minimum atomic E-state index is -1.85. The van der Waals surface area contributed by atoms with E-state index in [4.69, 9.17) is 9.47 Å². The normalized spacial score (nSPS) is 15.8. The van der Waals surface area contributed by atoms with Crippen molar-refractivity contribution >= 4 is 23.3 Å². The van der Waals surface area contributed by atoms with Gasteiger partial charge < -0.3 is 9.47 Å². The number of hydrogen-bond acceptors (Lipinski definition) is 5. The van der Waals surface area contributed by atoms with Gasteiger partial charge in [-0.25, -0.2) is 0 Å². The number of rotatable bonds is 4. The SMILES string of the molecule is COC1(OC)C(=O)c2ccc(-c3cccc(SC)c3)cc2C1=O. The molecule has 3 rings (SSSR count). The molecule has 23 heavy (non-hydrogen) atoms. The molecule has 0 amide bonds. The Morgan fingerprint density at radius 1 is 0.870 bits per heavy atom. The second kappa shape index (κ2) is 5.92. The number of fused-ring (bicyclic) bond motifs is 1. The van der Waals surface area contributed by atoms with Crippen LogP contribution in [0, 0.1) is 0 Å². The molecule has 118 valence electrons. The van der Waals surface area contributed by atoms with E-state index in [-0.39, 0.29) is 0 Å². The fourth-order valence-corrected chi connectivity index (χ4v) is 3.28. The van der Waals surface area contributed by atoms with Crippen molar-refractivity contribution in [1.29, 1.82) is 0 Å². The molecule has 4 nitrogen and oxygen atoms in total. The highest BCUT2D eigenvalue weighted by Crippen LogP contribution is 2.36. The van der Waals surface area contributed by atoms with Gasteiger partial charge in [0.05, 0.1) is 0 Å². The summed E-state index contributed by atoms with van der Waals surface area (Å²) >= 11 is 1.65. The molecule has 0 fully saturated rings. The van der Waals surface area contributed by atoms with Gasteiger partial charge in [-0.15, -0.1) is 11.8 Å². The molecule has 2 aromatic rings. The zero-order chi connectivity index (χ0) is 16.6. The highest BCUT2D eigenvalue weighted by Gasteiger charge is 2.54. The van der Waals surface area contributed by atoms with Crippen LogP contribution in [0.25, 0.3) is 11.1 Å². The van der Waals surface area contributed by atoms with Crippen LogP contribution in [0.15, 0.2) is 47.4 Å². The first-order chi connectivity index (χ1) is 11.1. The van der Waals surface area contributed by atoms with Crippen LogP contribution in [0.3, 0.4) is 0 Å². The van der Waals surface area contributed by atoms with E-state index in [1.807, 2.05) is 36.6 Å². The lowest BCUT2D eigenvalue weighted by atomic mass is 10.0. The predicted molar refractivity (Wildman–Crippen MR) is 89.1 cm³/mol. The quantitative estimate of drug-likeness (QED) is 0.489. The Hall–Kier alpha value is -1.95. The summed E-state index contributed by atoms with van der Waals surface area (Å²) in [6.07, 6.45) is 2.01. The van der Waals surface area contributed by atoms with E-state index in [2.05, 4.69) is 0 Å². The predicted octanol–water partition coefficient (Wildman–Crippen LogP) is 3.44. The summed E-state index contributed by atoms with van der Waals surface area (Å²) < 4.78 is 10.2. The van der Waals surface area contributed by atoms with Crippen molar-refractivity contribution in [2.24, 2.45) is 0 Å². The van der Waals surface area contributed by atoms with Crippen LogP contribution in [0.5, 0.6) is 0 Å². The first-order valence-corrected chi connectivity index (χ1v) is 8.28. The molecule has 0 atom stereocenters. The van der Waals surface area contributed by atoms with Gasteiger partial charge in [-0.3, -0.25) is 9.59 Å². The topological polar surface area (TPSA) is 52.6 Å². The van der Waals surface area contributed by atoms with Crippen molar-refractivity contribution in [3.05, 3.63) is 53.6 Å². The Morgan fingerprint density at radius 2 is 1.52 bits per heavy atom. The summed E-state index contributed by atoms with van der Waals surface area (Å²) in [5, 5.41) is 0. The Labute approximate surface area is 138 Å². The number of methoxy groups -OCH3 is 2. The molecule has 1 aliphatic carbocycles. The maximum atomic E-state index is 12.6. The van der Waals surface area contributed by atoms with Crippen LogP contribution in [-0.4, -0.2) is 37.8 Å². The lowest BCUT2D eigenvalue weighted by molar-refractivity contribution is -0.133. The molecule has 0 saturated carbocycles. The molecular formula is C18H16O4S. The fraction of sp³-hybridized carbons (Fsp3) is 0.222. The van der Waals surface area contributed by atoms with E-state index >= 15 is 0 Å². The monoisotopic (exact) mass is 328 g/mol. The van der Waals surface area contributed by atoms with E-state index < -0.39 is 17.4 Å². The van der Waals surface area contributed by atoms with Gasteiger partial charge >= 0.3 is 0 Å². The van der Waals surface area contributed by atoms with Gasteiger partial charge in [-0.05, 0) is 41.6 Å². The molecule has 0 aromatic heterocycles. The lowest BCUT2D eigenvalue weighted by Gasteiger charge is -2.21. The molecule has 0 N–H and O–H groups in total. The van der Waals surface area contributed by atoms with E-state index in [1.165, 1.54) is 14.2 Å². The van der Waals surface area contributed by atoms with Gasteiger partial charge in [-0.2, -0.15) is 0 Å². The minimum Gasteiger partial charge on any atom is -0.341 e. The Balaban J connectivity index is 2.10. The van der Waals surface area contributed by atoms with Crippen molar-refractivity contribution < 1.29 is 19.1 Å². The third kappa shape index (κ3) is 2.32. The molecule has 0 bridgehead atoms. The summed E-state index contributed by atoms with van der Waals surface area (Å²) in [5.74, 6) is -2.75. The van der Waals surface area contributed by atoms with Crippen molar-refractivity contribution in [2.45, 2.75) is 10.7 Å². The average Bonchev–Trinajstić information content (AvgIpc) is 2.82. The highest BCUT2D eigenvalue weighted by atomic mass is 32.2. The summed E-state index contributed by atoms with van der Waals surface area (Å²) in [7, 11) is 2.60. The molecule has 0 aliphatic heterocycles. The van der Waals surface area contributed by atoms with Gasteiger partial charge in [0.1, 0.15) is 0 Å². The molecule has 1 aliphatic rings. The molecule has 5 heteroatoms. The number of carbonyl (C=O) groups is 2. The van der Waals surface area contributed by atoms with Gasteiger partial charge in [0.25, 0.3) is 5.79 Å². The smallest absolute Gasteiger partial charge is 0.299 e. The van der Waals surface area contributed by atoms with Crippen LogP contribution < -0.4 is 0 Å². The minimum absolute atomic E-state index is 0.337. The van der Waals surface area contributed by atoms with E-state index in [9.17, 15) is 9.59 Å². The van der Waals surface area contributed by atoms with Crippen molar-refractivity contribution in [3.63, 3.8) is 0 Å². The third-order valence-corrected chi connectivity index (χ3v) is 4.81. The molecular weight excluding hydrogens is 312 g/mol. The average molecular weight is 328 g/mol. The molecule has 0 heterocycles. The molecule has 0 radical (unpaired) electrons. The lowest BCUT2D eigenvalue weighted by Crippen LogP contribution is -2.45. The largest absolute Gasteiger partial charge is 0.341 e. The zero-order valence-electron chi connectivity index (χ0n) is 13.1. The second-order valence-electron chi connectivity index (χ2n) is 5.18. The number of ether oxygens (including phenoxy) is 2. The second-order valence-corrected chi connectivity index (χ2v) is 6.06. The number of hydrogen-bond donors (Lipinski definition) is 0. The van der Waals surface area contributed by atoms with Crippen LogP contribution >= 0.6 is 11.8 Å². The van der Waals surface area contributed by atoms with Crippen molar-refractivity contribution in [3.8, 4) is 11.1 Å². The summed E-state index contributed by atoms with van der Waals surface area (Å²) in [6, 6.07) is 13.2. The number of benzene rings is 2. The summed E-state index contributed by atoms with van der Waals surface area (Å²) in [5.41, 5.74) is 2.55. The third-order valence-electron chi connectivity index (χ3n) is 4.08. The van der Waals surface area contributed by atoms with E-state index in [0.29, 0.717) is 11.1 Å². The van der Waals surface area contributed by atoms with E-state index in [0.717, 1.165) is 16.0 Å². The van der Waals surface area contributed by atoms with Gasteiger partial charge in [0.15, 0.2) is 0 Å². The summed E-state index contributed by atoms with van der Waals surface area (Å²) in [6.45, 7) is 0. The number of ketones is 2. The number of thioether (sulfide) groups is 1. The highest BCUT2D eigenvalue weighted by molar-refractivity contribution is 7.98. The Bertz CT molecular complexity index is 793. The first kappa shape index (κ1) is 15.9. The van der Waals surface area contributed by atoms with E-state index in [1.54, 1.807) is 23.9 Å². The van der Waals surface area contributed by atoms with Crippen LogP contribution in [-0.2, 0) is 9.47 Å². The Kier molecular flexibility index (Phi) is 4.10. The van der Waals surface area contributed by atoms with Crippen LogP contribution in [0.4, 0.5) is 0 Å². The zero-order valence-corrected chi connectivity index (χ0v) is 13.9. The van der Waals surface area contributed by atoms with Crippen LogP contribution in [0.1, 0.15) is 20.7 Å². The van der Waals surface area contributed by atoms with Crippen molar-refractivity contribution in [2.75, 3.05) is 20.5 Å². The maximum absolute atomic E-state index is 12.6. The number of carbonyl (C=O) groups excluding carboxylic acids is 2. The fourth-order valence-electron chi connectivity index (χ4n) is 2.82. The van der Waals surface area contributed by atoms with Gasteiger partial charge in [0, 0.05) is 30.2 Å². The Morgan fingerprint density at radius 3 is 2.17 bits per heavy atom. The standard InChI is InChI=1S/C18H16O4S/c1-21-18(22-2)16(19)14-8-7-12(10-15(14)17(18)20)11-5-4-6-13(9-11)23-3/h4-10H,1-3H3. The maximum Gasteiger partial charge on any atom is 0.299 e. The molecule has 0 spiro atoms. The molecule has 0 saturated heterocycles. The van der Waals surface area contributed by atoms with Gasteiger partial charge in [0.2, 0.25) is 11.6 Å². The first-order valence-electron chi connectivity index (χ1n) is 7.05. The molecule has 2 aromatic carbocycles. The van der Waals surface area contributed by atoms with Crippen LogP contribution in [0.2, 0.25) is 0 Å². The number of Topliss-reactive ketones (excluding diaryl/α,β-unsaturated/α-hetero) is 2. The summed E-state index contributed by atoms with van der Waals surface area (Å²) in [4.78, 5) is 26.2. The van der Waals surface area contributed by atoms with Gasteiger partial charge in [-0.1, -0.05) is 18.2 Å². The molecule has 0 unspecified atom stereocenters.